The average molecular weight is 431 g/mol. The number of imide groups is 1. The number of alkyl halides is 3. The van der Waals surface area contributed by atoms with Gasteiger partial charge in [0.15, 0.2) is 0 Å². The molecule has 2 N–H and O–H groups in total. The number of nitrogens with one attached hydrogen (secondary N) is 2. The van der Waals surface area contributed by atoms with Gasteiger partial charge < -0.3 is 10.6 Å². The van der Waals surface area contributed by atoms with E-state index in [9.17, 15) is 27.6 Å². The largest absolute Gasteiger partial charge is 0.416 e. The summed E-state index contributed by atoms with van der Waals surface area (Å²) in [4.78, 5) is 38.2. The summed E-state index contributed by atoms with van der Waals surface area (Å²) in [5, 5.41) is 5.31. The Labute approximate surface area is 176 Å². The van der Waals surface area contributed by atoms with E-state index in [-0.39, 0.29) is 22.9 Å². The Kier molecular flexibility index (Phi) is 5.88. The van der Waals surface area contributed by atoms with Gasteiger partial charge in [0.25, 0.3) is 11.8 Å². The van der Waals surface area contributed by atoms with Crippen LogP contribution in [0.5, 0.6) is 0 Å². The number of anilines is 2. The summed E-state index contributed by atoms with van der Waals surface area (Å²) < 4.78 is 39.2. The van der Waals surface area contributed by atoms with Crippen LogP contribution in [0.1, 0.15) is 31.9 Å². The van der Waals surface area contributed by atoms with Crippen molar-refractivity contribution in [2.24, 2.45) is 0 Å². The maximum absolute atomic E-state index is 13.1. The molecule has 0 unspecified atom stereocenters. The average Bonchev–Trinajstić information content (AvgIpc) is 2.91. The fourth-order valence-corrected chi connectivity index (χ4v) is 3.24. The van der Waals surface area contributed by atoms with Gasteiger partial charge in [-0.3, -0.25) is 19.3 Å². The van der Waals surface area contributed by atoms with Gasteiger partial charge in [-0.1, -0.05) is 18.2 Å². The predicted octanol–water partition coefficient (Wildman–Crippen LogP) is 4.26. The Morgan fingerprint density at radius 1 is 0.968 bits per heavy atom. The van der Waals surface area contributed by atoms with E-state index in [0.717, 1.165) is 17.0 Å². The van der Waals surface area contributed by atoms with E-state index in [1.165, 1.54) is 19.1 Å². The lowest BCUT2D eigenvalue weighted by atomic mass is 10.0. The molecule has 162 valence electrons. The zero-order valence-electron chi connectivity index (χ0n) is 17.0. The van der Waals surface area contributed by atoms with E-state index in [0.29, 0.717) is 11.3 Å². The van der Waals surface area contributed by atoms with E-state index in [2.05, 4.69) is 10.6 Å². The summed E-state index contributed by atoms with van der Waals surface area (Å²) in [5.74, 6) is -1.45. The zero-order valence-corrected chi connectivity index (χ0v) is 17.0. The summed E-state index contributed by atoms with van der Waals surface area (Å²) >= 11 is 0. The molecule has 0 saturated carbocycles. The van der Waals surface area contributed by atoms with Gasteiger partial charge in [-0.25, -0.2) is 0 Å². The fraction of sp³-hybridized carbons (Fsp3) is 0.227. The highest BCUT2D eigenvalue weighted by molar-refractivity contribution is 6.36. The second-order valence-electron chi connectivity index (χ2n) is 7.29. The number of benzene rings is 2. The Morgan fingerprint density at radius 3 is 2.16 bits per heavy atom. The van der Waals surface area contributed by atoms with Crippen LogP contribution in [0.15, 0.2) is 54.2 Å². The van der Waals surface area contributed by atoms with E-state index in [4.69, 9.17) is 0 Å². The smallest absolute Gasteiger partial charge is 0.350 e. The van der Waals surface area contributed by atoms with Crippen molar-refractivity contribution in [1.29, 1.82) is 0 Å². The van der Waals surface area contributed by atoms with Crippen LogP contribution in [-0.2, 0) is 20.6 Å². The molecule has 3 rings (SSSR count). The van der Waals surface area contributed by atoms with Gasteiger partial charge in [0.05, 0.1) is 11.1 Å². The third kappa shape index (κ3) is 4.60. The van der Waals surface area contributed by atoms with Crippen molar-refractivity contribution in [3.8, 4) is 0 Å². The Hall–Kier alpha value is -3.62. The minimum atomic E-state index is -4.55. The van der Waals surface area contributed by atoms with Gasteiger partial charge in [0.1, 0.15) is 5.70 Å². The molecule has 0 saturated heterocycles. The van der Waals surface area contributed by atoms with Crippen molar-refractivity contribution in [2.75, 3.05) is 10.6 Å². The van der Waals surface area contributed by atoms with Crippen LogP contribution in [0.25, 0.3) is 5.57 Å². The standard InChI is InChI=1S/C22H20F3N3O3/c1-12(2)28-20(30)18(14-7-9-16(10-8-14)26-13(3)29)19(21(28)31)27-17-6-4-5-15(11-17)22(23,24)25/h4-12,27H,1-3H3,(H,26,29). The number of hydrogen-bond acceptors (Lipinski definition) is 4. The molecule has 0 spiro atoms. The van der Waals surface area contributed by atoms with Gasteiger partial charge in [-0.2, -0.15) is 13.2 Å². The summed E-state index contributed by atoms with van der Waals surface area (Å²) in [6.45, 7) is 4.69. The highest BCUT2D eigenvalue weighted by Gasteiger charge is 2.40. The molecule has 0 radical (unpaired) electrons. The number of nitrogens with zero attached hydrogens (tertiary/aromatic N) is 1. The number of halogens is 3. The van der Waals surface area contributed by atoms with Crippen LogP contribution in [0.4, 0.5) is 24.5 Å². The lowest BCUT2D eigenvalue weighted by molar-refractivity contribution is -0.139. The molecule has 1 aliphatic rings. The van der Waals surface area contributed by atoms with E-state index >= 15 is 0 Å². The van der Waals surface area contributed by atoms with Gasteiger partial charge in [0, 0.05) is 24.3 Å². The molecule has 6 nitrogen and oxygen atoms in total. The molecular formula is C22H20F3N3O3. The summed E-state index contributed by atoms with van der Waals surface area (Å²) in [7, 11) is 0. The molecule has 0 fully saturated rings. The molecule has 0 atom stereocenters. The monoisotopic (exact) mass is 431 g/mol. The Balaban J connectivity index is 2.05. The normalized spacial score (nSPS) is 14.5. The van der Waals surface area contributed by atoms with Crippen molar-refractivity contribution in [2.45, 2.75) is 33.0 Å². The molecule has 2 aromatic rings. The number of carbonyl (C=O) groups excluding carboxylic acids is 3. The van der Waals surface area contributed by atoms with Crippen LogP contribution >= 0.6 is 0 Å². The highest BCUT2D eigenvalue weighted by atomic mass is 19.4. The van der Waals surface area contributed by atoms with Crippen molar-refractivity contribution < 1.29 is 27.6 Å². The van der Waals surface area contributed by atoms with E-state index in [1.807, 2.05) is 0 Å². The maximum atomic E-state index is 13.1. The first-order valence-corrected chi connectivity index (χ1v) is 9.43. The lowest BCUT2D eigenvalue weighted by Crippen LogP contribution is -2.38. The SMILES string of the molecule is CC(=O)Nc1ccc(C2=C(Nc3cccc(C(F)(F)F)c3)C(=O)N(C(C)C)C2=O)cc1. The van der Waals surface area contributed by atoms with Gasteiger partial charge in [-0.15, -0.1) is 0 Å². The molecule has 2 aromatic carbocycles. The second kappa shape index (κ2) is 8.25. The van der Waals surface area contributed by atoms with Crippen molar-refractivity contribution >= 4 is 34.7 Å². The number of amides is 3. The van der Waals surface area contributed by atoms with E-state index in [1.54, 1.807) is 38.1 Å². The van der Waals surface area contributed by atoms with Crippen LogP contribution in [0, 0.1) is 0 Å². The minimum absolute atomic E-state index is 0.0314. The quantitative estimate of drug-likeness (QED) is 0.694. The second-order valence-corrected chi connectivity index (χ2v) is 7.29. The summed E-state index contributed by atoms with van der Waals surface area (Å²) in [6.07, 6.45) is -4.55. The molecule has 3 amide bonds. The molecular weight excluding hydrogens is 411 g/mol. The van der Waals surface area contributed by atoms with Gasteiger partial charge in [-0.05, 0) is 49.7 Å². The summed E-state index contributed by atoms with van der Waals surface area (Å²) in [5.41, 5.74) is -0.0108. The van der Waals surface area contributed by atoms with Crippen LogP contribution in [0.3, 0.4) is 0 Å². The molecule has 0 aliphatic carbocycles. The number of rotatable bonds is 5. The maximum Gasteiger partial charge on any atom is 0.416 e. The van der Waals surface area contributed by atoms with Crippen molar-refractivity contribution in [3.63, 3.8) is 0 Å². The van der Waals surface area contributed by atoms with Crippen molar-refractivity contribution in [3.05, 3.63) is 65.4 Å². The Bertz CT molecular complexity index is 1070. The highest BCUT2D eigenvalue weighted by Crippen LogP contribution is 2.34. The molecule has 0 aromatic heterocycles. The van der Waals surface area contributed by atoms with Crippen molar-refractivity contribution in [1.82, 2.24) is 4.90 Å². The van der Waals surface area contributed by atoms with Crippen LogP contribution in [0.2, 0.25) is 0 Å². The first-order chi connectivity index (χ1) is 14.5. The molecule has 31 heavy (non-hydrogen) atoms. The zero-order chi connectivity index (χ0) is 22.9. The minimum Gasteiger partial charge on any atom is -0.350 e. The van der Waals surface area contributed by atoms with Crippen LogP contribution in [-0.4, -0.2) is 28.7 Å². The summed E-state index contributed by atoms with van der Waals surface area (Å²) in [6, 6.07) is 10.2. The van der Waals surface area contributed by atoms with E-state index < -0.39 is 29.6 Å². The fourth-order valence-electron chi connectivity index (χ4n) is 3.24. The Morgan fingerprint density at radius 2 is 1.61 bits per heavy atom. The first kappa shape index (κ1) is 22.1. The third-order valence-electron chi connectivity index (χ3n) is 4.58. The van der Waals surface area contributed by atoms with Crippen LogP contribution < -0.4 is 10.6 Å². The predicted molar refractivity (Wildman–Crippen MR) is 110 cm³/mol. The molecule has 1 aliphatic heterocycles. The lowest BCUT2D eigenvalue weighted by Gasteiger charge is -2.19. The molecule has 9 heteroatoms. The number of carbonyl (C=O) groups is 3. The first-order valence-electron chi connectivity index (χ1n) is 9.43. The van der Waals surface area contributed by atoms with Gasteiger partial charge in [0.2, 0.25) is 5.91 Å². The third-order valence-corrected chi connectivity index (χ3v) is 4.58. The number of hydrogen-bond donors (Lipinski definition) is 2. The molecule has 1 heterocycles. The topological polar surface area (TPSA) is 78.5 Å². The van der Waals surface area contributed by atoms with Gasteiger partial charge >= 0.3 is 6.18 Å². The molecule has 0 bridgehead atoms.